The van der Waals surface area contributed by atoms with Crippen LogP contribution in [0, 0.1) is 17.7 Å². The number of halogens is 2. The van der Waals surface area contributed by atoms with Gasteiger partial charge >= 0.3 is 0 Å². The SMILES string of the molecule is Cl.NC1CCC2CN(C(=O)CCCc3nc(-c4ccc(F)cc4)no3)CC12. The number of hydrogen-bond donors (Lipinski definition) is 1. The lowest BCUT2D eigenvalue weighted by molar-refractivity contribution is -0.130. The lowest BCUT2D eigenvalue weighted by atomic mass is 9.98. The molecule has 1 aromatic heterocycles. The Morgan fingerprint density at radius 1 is 1.26 bits per heavy atom. The highest BCUT2D eigenvalue weighted by molar-refractivity contribution is 5.85. The minimum absolute atomic E-state index is 0. The first kappa shape index (κ1) is 19.8. The first-order chi connectivity index (χ1) is 12.6. The van der Waals surface area contributed by atoms with E-state index in [0.717, 1.165) is 25.9 Å². The zero-order valence-electron chi connectivity index (χ0n) is 15.0. The summed E-state index contributed by atoms with van der Waals surface area (Å²) in [5, 5.41) is 3.92. The average Bonchev–Trinajstić information content (AvgIpc) is 3.33. The molecule has 1 saturated heterocycles. The van der Waals surface area contributed by atoms with Crippen LogP contribution in [-0.4, -0.2) is 40.1 Å². The van der Waals surface area contributed by atoms with Crippen LogP contribution in [0.15, 0.2) is 28.8 Å². The molecule has 1 amide bonds. The molecular formula is C19H24ClFN4O2. The predicted octanol–water partition coefficient (Wildman–Crippen LogP) is 2.82. The molecule has 8 heteroatoms. The van der Waals surface area contributed by atoms with E-state index in [1.807, 2.05) is 4.90 Å². The lowest BCUT2D eigenvalue weighted by Gasteiger charge is -2.18. The van der Waals surface area contributed by atoms with Crippen LogP contribution >= 0.6 is 12.4 Å². The van der Waals surface area contributed by atoms with Gasteiger partial charge in [-0.3, -0.25) is 4.79 Å². The number of benzene rings is 1. The van der Waals surface area contributed by atoms with E-state index in [2.05, 4.69) is 10.1 Å². The number of amides is 1. The minimum atomic E-state index is -0.303. The number of fused-ring (bicyclic) bond motifs is 1. The summed E-state index contributed by atoms with van der Waals surface area (Å²) in [6.07, 6.45) is 3.93. The number of nitrogens with two attached hydrogens (primary N) is 1. The smallest absolute Gasteiger partial charge is 0.226 e. The van der Waals surface area contributed by atoms with E-state index in [0.29, 0.717) is 48.4 Å². The van der Waals surface area contributed by atoms with Crippen LogP contribution in [0.5, 0.6) is 0 Å². The number of hydrogen-bond acceptors (Lipinski definition) is 5. The maximum absolute atomic E-state index is 13.0. The first-order valence-corrected chi connectivity index (χ1v) is 9.22. The molecule has 2 N–H and O–H groups in total. The fourth-order valence-electron chi connectivity index (χ4n) is 4.13. The molecule has 4 rings (SSSR count). The highest BCUT2D eigenvalue weighted by Gasteiger charge is 2.42. The highest BCUT2D eigenvalue weighted by atomic mass is 35.5. The van der Waals surface area contributed by atoms with E-state index in [1.165, 1.54) is 12.1 Å². The number of likely N-dealkylation sites (tertiary alicyclic amines) is 1. The summed E-state index contributed by atoms with van der Waals surface area (Å²) >= 11 is 0. The van der Waals surface area contributed by atoms with Crippen LogP contribution in [0.4, 0.5) is 4.39 Å². The largest absolute Gasteiger partial charge is 0.342 e. The van der Waals surface area contributed by atoms with Crippen molar-refractivity contribution in [2.24, 2.45) is 17.6 Å². The molecule has 2 fully saturated rings. The maximum Gasteiger partial charge on any atom is 0.226 e. The van der Waals surface area contributed by atoms with Gasteiger partial charge in [-0.25, -0.2) is 4.39 Å². The van der Waals surface area contributed by atoms with Crippen molar-refractivity contribution in [2.45, 2.75) is 38.1 Å². The number of nitrogens with zero attached hydrogens (tertiary/aromatic N) is 3. The lowest BCUT2D eigenvalue weighted by Crippen LogP contribution is -2.33. The Morgan fingerprint density at radius 3 is 2.78 bits per heavy atom. The number of rotatable bonds is 5. The topological polar surface area (TPSA) is 85.2 Å². The van der Waals surface area contributed by atoms with Crippen molar-refractivity contribution in [3.05, 3.63) is 36.0 Å². The Labute approximate surface area is 163 Å². The molecule has 6 nitrogen and oxygen atoms in total. The fourth-order valence-corrected chi connectivity index (χ4v) is 4.13. The third kappa shape index (κ3) is 4.30. The van der Waals surface area contributed by atoms with Crippen molar-refractivity contribution in [3.8, 4) is 11.4 Å². The first-order valence-electron chi connectivity index (χ1n) is 9.22. The van der Waals surface area contributed by atoms with Gasteiger partial charge in [-0.2, -0.15) is 4.98 Å². The van der Waals surface area contributed by atoms with Crippen molar-refractivity contribution in [1.29, 1.82) is 0 Å². The third-order valence-electron chi connectivity index (χ3n) is 5.62. The third-order valence-corrected chi connectivity index (χ3v) is 5.62. The number of aromatic nitrogens is 2. The normalized spacial score (nSPS) is 23.9. The molecular weight excluding hydrogens is 371 g/mol. The zero-order chi connectivity index (χ0) is 18.1. The standard InChI is InChI=1S/C19H23FN4O2.ClH/c20-14-7-4-12(5-8-14)19-22-17(26-23-19)2-1-3-18(25)24-10-13-6-9-16(21)15(13)11-24;/h4-5,7-8,13,15-16H,1-3,6,9-11,21H2;1H. The van der Waals surface area contributed by atoms with E-state index in [4.69, 9.17) is 10.3 Å². The molecule has 0 spiro atoms. The Hall–Kier alpha value is -1.99. The van der Waals surface area contributed by atoms with Gasteiger partial charge in [0, 0.05) is 37.5 Å². The molecule has 2 aromatic rings. The van der Waals surface area contributed by atoms with Crippen molar-refractivity contribution in [3.63, 3.8) is 0 Å². The van der Waals surface area contributed by atoms with Crippen molar-refractivity contribution in [1.82, 2.24) is 15.0 Å². The van der Waals surface area contributed by atoms with E-state index >= 15 is 0 Å². The summed E-state index contributed by atoms with van der Waals surface area (Å²) in [5.41, 5.74) is 6.84. The number of carbonyl (C=O) groups is 1. The van der Waals surface area contributed by atoms with E-state index in [-0.39, 0.29) is 30.2 Å². The molecule has 146 valence electrons. The van der Waals surface area contributed by atoms with Crippen LogP contribution in [0.1, 0.15) is 31.6 Å². The fraction of sp³-hybridized carbons (Fsp3) is 0.526. The summed E-state index contributed by atoms with van der Waals surface area (Å²) in [6, 6.07) is 6.20. The second-order valence-electron chi connectivity index (χ2n) is 7.34. The summed E-state index contributed by atoms with van der Waals surface area (Å²) in [7, 11) is 0. The van der Waals surface area contributed by atoms with Gasteiger partial charge in [-0.15, -0.1) is 12.4 Å². The van der Waals surface area contributed by atoms with E-state index in [1.54, 1.807) is 12.1 Å². The zero-order valence-corrected chi connectivity index (χ0v) is 15.8. The summed E-state index contributed by atoms with van der Waals surface area (Å²) < 4.78 is 18.2. The highest BCUT2D eigenvalue weighted by Crippen LogP contribution is 2.37. The minimum Gasteiger partial charge on any atom is -0.342 e. The Bertz CT molecular complexity index is 782. The van der Waals surface area contributed by atoms with Gasteiger partial charge in [0.2, 0.25) is 17.6 Å². The number of aryl methyl sites for hydroxylation is 1. The van der Waals surface area contributed by atoms with Crippen LogP contribution in [0.3, 0.4) is 0 Å². The molecule has 1 aromatic carbocycles. The van der Waals surface area contributed by atoms with Crippen molar-refractivity contribution >= 4 is 18.3 Å². The van der Waals surface area contributed by atoms with Gasteiger partial charge in [0.05, 0.1) is 0 Å². The average molecular weight is 395 g/mol. The maximum atomic E-state index is 13.0. The molecule has 1 aliphatic heterocycles. The van der Waals surface area contributed by atoms with Crippen LogP contribution in [-0.2, 0) is 11.2 Å². The summed E-state index contributed by atoms with van der Waals surface area (Å²) in [4.78, 5) is 18.7. The molecule has 0 bridgehead atoms. The van der Waals surface area contributed by atoms with Gasteiger partial charge in [0.1, 0.15) is 5.82 Å². The molecule has 3 unspecified atom stereocenters. The van der Waals surface area contributed by atoms with E-state index < -0.39 is 0 Å². The molecule has 27 heavy (non-hydrogen) atoms. The van der Waals surface area contributed by atoms with Gasteiger partial charge < -0.3 is 15.2 Å². The van der Waals surface area contributed by atoms with Gasteiger partial charge in [0.25, 0.3) is 0 Å². The molecule has 3 atom stereocenters. The van der Waals surface area contributed by atoms with Gasteiger partial charge in [-0.1, -0.05) is 5.16 Å². The van der Waals surface area contributed by atoms with E-state index in [9.17, 15) is 9.18 Å². The van der Waals surface area contributed by atoms with Crippen LogP contribution in [0.25, 0.3) is 11.4 Å². The van der Waals surface area contributed by atoms with Gasteiger partial charge in [-0.05, 0) is 55.4 Å². The summed E-state index contributed by atoms with van der Waals surface area (Å²) in [6.45, 7) is 1.66. The molecule has 1 saturated carbocycles. The summed E-state index contributed by atoms with van der Waals surface area (Å²) in [5.74, 6) is 1.88. The van der Waals surface area contributed by atoms with Crippen LogP contribution in [0.2, 0.25) is 0 Å². The van der Waals surface area contributed by atoms with Crippen LogP contribution < -0.4 is 5.73 Å². The second kappa shape index (κ2) is 8.35. The number of carbonyl (C=O) groups excluding carboxylic acids is 1. The quantitative estimate of drug-likeness (QED) is 0.842. The Balaban J connectivity index is 0.00000210. The molecule has 2 heterocycles. The Morgan fingerprint density at radius 2 is 2.04 bits per heavy atom. The second-order valence-corrected chi connectivity index (χ2v) is 7.34. The Kier molecular flexibility index (Phi) is 6.11. The van der Waals surface area contributed by atoms with Gasteiger partial charge in [0.15, 0.2) is 0 Å². The monoisotopic (exact) mass is 394 g/mol. The molecule has 1 aliphatic carbocycles. The molecule has 0 radical (unpaired) electrons. The molecule has 2 aliphatic rings. The van der Waals surface area contributed by atoms with Crippen molar-refractivity contribution < 1.29 is 13.7 Å². The van der Waals surface area contributed by atoms with Crippen molar-refractivity contribution in [2.75, 3.05) is 13.1 Å². The predicted molar refractivity (Wildman–Crippen MR) is 101 cm³/mol.